The molecule has 0 spiro atoms. The highest BCUT2D eigenvalue weighted by molar-refractivity contribution is 7.89. The minimum atomic E-state index is -3.45. The summed E-state index contributed by atoms with van der Waals surface area (Å²) < 4.78 is 26.5. The maximum absolute atomic E-state index is 12.5. The van der Waals surface area contributed by atoms with E-state index in [2.05, 4.69) is 5.32 Å². The van der Waals surface area contributed by atoms with Gasteiger partial charge in [-0.05, 0) is 37.2 Å². The fraction of sp³-hybridized carbons (Fsp3) is 0.533. The molecule has 0 fully saturated rings. The Labute approximate surface area is 132 Å². The van der Waals surface area contributed by atoms with Gasteiger partial charge < -0.3 is 10.2 Å². The van der Waals surface area contributed by atoms with E-state index in [1.54, 1.807) is 30.1 Å². The Hall–Kier alpha value is -1.44. The zero-order valence-corrected chi connectivity index (χ0v) is 14.1. The van der Waals surface area contributed by atoms with Crippen molar-refractivity contribution in [3.05, 3.63) is 23.8 Å². The summed E-state index contributed by atoms with van der Waals surface area (Å²) >= 11 is 0. The number of carbonyl (C=O) groups is 1. The van der Waals surface area contributed by atoms with Crippen molar-refractivity contribution in [1.29, 1.82) is 0 Å². The van der Waals surface area contributed by atoms with Gasteiger partial charge in [-0.25, -0.2) is 8.42 Å². The average Bonchev–Trinajstić information content (AvgIpc) is 2.91. The van der Waals surface area contributed by atoms with E-state index in [0.29, 0.717) is 31.0 Å². The Morgan fingerprint density at radius 2 is 2.00 bits per heavy atom. The molecular weight excluding hydrogens is 302 g/mol. The van der Waals surface area contributed by atoms with Crippen molar-refractivity contribution in [1.82, 2.24) is 9.62 Å². The molecule has 122 valence electrons. The smallest absolute Gasteiger partial charge is 0.243 e. The van der Waals surface area contributed by atoms with E-state index in [1.165, 1.54) is 4.31 Å². The molecule has 0 saturated carbocycles. The summed E-state index contributed by atoms with van der Waals surface area (Å²) in [5.74, 6) is 0.000556. The van der Waals surface area contributed by atoms with E-state index in [-0.39, 0.29) is 12.5 Å². The van der Waals surface area contributed by atoms with Crippen molar-refractivity contribution in [2.24, 2.45) is 0 Å². The molecule has 1 N–H and O–H groups in total. The average molecular weight is 325 g/mol. The SMILES string of the molecule is CCN(CC)S(=O)(=O)c1ccc2c(c1)CCN2C(=O)CNC. The van der Waals surface area contributed by atoms with Crippen LogP contribution in [0.3, 0.4) is 0 Å². The van der Waals surface area contributed by atoms with Crippen LogP contribution in [0, 0.1) is 0 Å². The molecule has 0 radical (unpaired) electrons. The minimum absolute atomic E-state index is 0.000556. The standard InChI is InChI=1S/C15H23N3O3S/c1-4-17(5-2)22(20,21)13-6-7-14-12(10-13)8-9-18(14)15(19)11-16-3/h6-7,10,16H,4-5,8-9,11H2,1-3H3. The van der Waals surface area contributed by atoms with Gasteiger partial charge in [0.05, 0.1) is 11.4 Å². The molecule has 1 aliphatic heterocycles. The molecule has 1 aromatic rings. The number of anilines is 1. The van der Waals surface area contributed by atoms with Crippen LogP contribution in [-0.4, -0.2) is 51.9 Å². The number of nitrogens with zero attached hydrogens (tertiary/aromatic N) is 2. The first-order valence-corrected chi connectivity index (χ1v) is 8.97. The summed E-state index contributed by atoms with van der Waals surface area (Å²) in [6, 6.07) is 5.04. The van der Waals surface area contributed by atoms with Gasteiger partial charge in [0, 0.05) is 25.3 Å². The number of sulfonamides is 1. The lowest BCUT2D eigenvalue weighted by atomic mass is 10.2. The largest absolute Gasteiger partial charge is 0.311 e. The lowest BCUT2D eigenvalue weighted by Crippen LogP contribution is -2.35. The fourth-order valence-electron chi connectivity index (χ4n) is 2.76. The summed E-state index contributed by atoms with van der Waals surface area (Å²) in [5.41, 5.74) is 1.73. The Kier molecular flexibility index (Phi) is 5.20. The number of benzene rings is 1. The van der Waals surface area contributed by atoms with Gasteiger partial charge in [0.25, 0.3) is 0 Å². The second-order valence-electron chi connectivity index (χ2n) is 5.21. The molecule has 0 unspecified atom stereocenters. The molecule has 0 aromatic heterocycles. The number of hydrogen-bond acceptors (Lipinski definition) is 4. The van der Waals surface area contributed by atoms with Gasteiger partial charge in [-0.1, -0.05) is 13.8 Å². The third kappa shape index (κ3) is 3.02. The van der Waals surface area contributed by atoms with Crippen LogP contribution in [-0.2, 0) is 21.2 Å². The summed E-state index contributed by atoms with van der Waals surface area (Å²) in [4.78, 5) is 14.0. The minimum Gasteiger partial charge on any atom is -0.311 e. The topological polar surface area (TPSA) is 69.7 Å². The number of amides is 1. The number of nitrogens with one attached hydrogen (secondary N) is 1. The number of rotatable bonds is 6. The van der Waals surface area contributed by atoms with Crippen molar-refractivity contribution in [3.63, 3.8) is 0 Å². The molecule has 1 aliphatic rings. The van der Waals surface area contributed by atoms with Crippen LogP contribution in [0.1, 0.15) is 19.4 Å². The predicted molar refractivity (Wildman–Crippen MR) is 86.5 cm³/mol. The van der Waals surface area contributed by atoms with Crippen LogP contribution >= 0.6 is 0 Å². The van der Waals surface area contributed by atoms with Gasteiger partial charge in [-0.2, -0.15) is 4.31 Å². The highest BCUT2D eigenvalue weighted by atomic mass is 32.2. The number of likely N-dealkylation sites (N-methyl/N-ethyl adjacent to an activating group) is 1. The normalized spacial score (nSPS) is 14.5. The molecule has 2 rings (SSSR count). The molecule has 7 heteroatoms. The second kappa shape index (κ2) is 6.76. The van der Waals surface area contributed by atoms with Crippen LogP contribution < -0.4 is 10.2 Å². The molecule has 0 saturated heterocycles. The van der Waals surface area contributed by atoms with E-state index in [1.807, 2.05) is 13.8 Å². The molecule has 1 heterocycles. The van der Waals surface area contributed by atoms with Gasteiger partial charge in [0.2, 0.25) is 15.9 Å². The van der Waals surface area contributed by atoms with Crippen LogP contribution in [0.4, 0.5) is 5.69 Å². The van der Waals surface area contributed by atoms with E-state index in [4.69, 9.17) is 0 Å². The quantitative estimate of drug-likeness (QED) is 0.841. The van der Waals surface area contributed by atoms with Gasteiger partial charge in [0.15, 0.2) is 0 Å². The first-order valence-electron chi connectivity index (χ1n) is 7.53. The van der Waals surface area contributed by atoms with E-state index >= 15 is 0 Å². The summed E-state index contributed by atoms with van der Waals surface area (Å²) in [6.45, 7) is 5.42. The number of hydrogen-bond donors (Lipinski definition) is 1. The van der Waals surface area contributed by atoms with E-state index in [9.17, 15) is 13.2 Å². The van der Waals surface area contributed by atoms with Crippen molar-refractivity contribution in [2.75, 3.05) is 38.1 Å². The monoisotopic (exact) mass is 325 g/mol. The van der Waals surface area contributed by atoms with E-state index < -0.39 is 10.0 Å². The Balaban J connectivity index is 2.33. The fourth-order valence-corrected chi connectivity index (χ4v) is 4.27. The molecule has 22 heavy (non-hydrogen) atoms. The molecular formula is C15H23N3O3S. The molecule has 1 amide bonds. The van der Waals surface area contributed by atoms with Crippen molar-refractivity contribution < 1.29 is 13.2 Å². The van der Waals surface area contributed by atoms with Gasteiger partial charge in [-0.15, -0.1) is 0 Å². The zero-order chi connectivity index (χ0) is 16.3. The lowest BCUT2D eigenvalue weighted by Gasteiger charge is -2.20. The van der Waals surface area contributed by atoms with Gasteiger partial charge >= 0.3 is 0 Å². The first-order chi connectivity index (χ1) is 10.5. The highest BCUT2D eigenvalue weighted by Gasteiger charge is 2.27. The zero-order valence-electron chi connectivity index (χ0n) is 13.3. The number of fused-ring (bicyclic) bond motifs is 1. The molecule has 1 aromatic carbocycles. The maximum atomic E-state index is 12.5. The first kappa shape index (κ1) is 16.9. The Morgan fingerprint density at radius 3 is 2.59 bits per heavy atom. The van der Waals surface area contributed by atoms with Crippen LogP contribution in [0.2, 0.25) is 0 Å². The maximum Gasteiger partial charge on any atom is 0.243 e. The van der Waals surface area contributed by atoms with Crippen LogP contribution in [0.25, 0.3) is 0 Å². The third-order valence-electron chi connectivity index (χ3n) is 3.92. The summed E-state index contributed by atoms with van der Waals surface area (Å²) in [7, 11) is -1.72. The van der Waals surface area contributed by atoms with E-state index in [0.717, 1.165) is 11.3 Å². The summed E-state index contributed by atoms with van der Waals surface area (Å²) in [5, 5.41) is 2.85. The van der Waals surface area contributed by atoms with Crippen LogP contribution in [0.5, 0.6) is 0 Å². The van der Waals surface area contributed by atoms with Crippen molar-refractivity contribution >= 4 is 21.6 Å². The predicted octanol–water partition coefficient (Wildman–Crippen LogP) is 0.826. The molecule has 0 atom stereocenters. The lowest BCUT2D eigenvalue weighted by molar-refractivity contribution is -0.117. The third-order valence-corrected chi connectivity index (χ3v) is 5.96. The van der Waals surface area contributed by atoms with Gasteiger partial charge in [-0.3, -0.25) is 4.79 Å². The molecule has 0 bridgehead atoms. The molecule has 6 nitrogen and oxygen atoms in total. The number of carbonyl (C=O) groups excluding carboxylic acids is 1. The second-order valence-corrected chi connectivity index (χ2v) is 7.14. The van der Waals surface area contributed by atoms with Crippen LogP contribution in [0.15, 0.2) is 23.1 Å². The van der Waals surface area contributed by atoms with Crippen molar-refractivity contribution in [2.45, 2.75) is 25.2 Å². The van der Waals surface area contributed by atoms with Crippen molar-refractivity contribution in [3.8, 4) is 0 Å². The Bertz CT molecular complexity index is 654. The summed E-state index contributed by atoms with van der Waals surface area (Å²) in [6.07, 6.45) is 0.687. The van der Waals surface area contributed by atoms with Gasteiger partial charge in [0.1, 0.15) is 0 Å². The Morgan fingerprint density at radius 1 is 1.32 bits per heavy atom. The highest BCUT2D eigenvalue weighted by Crippen LogP contribution is 2.31. The molecule has 0 aliphatic carbocycles.